The van der Waals surface area contributed by atoms with E-state index in [0.717, 1.165) is 5.56 Å². The van der Waals surface area contributed by atoms with Crippen molar-refractivity contribution in [2.75, 3.05) is 13.7 Å². The Bertz CT molecular complexity index is 981. The molecule has 156 valence electrons. The van der Waals surface area contributed by atoms with E-state index >= 15 is 0 Å². The maximum Gasteiger partial charge on any atom is 0.337 e. The molecule has 30 heavy (non-hydrogen) atoms. The Morgan fingerprint density at radius 2 is 1.83 bits per heavy atom. The van der Waals surface area contributed by atoms with Crippen LogP contribution in [0.4, 0.5) is 0 Å². The third-order valence-corrected chi connectivity index (χ3v) is 5.37. The molecule has 0 amide bonds. The van der Waals surface area contributed by atoms with Crippen molar-refractivity contribution >= 4 is 33.8 Å². The summed E-state index contributed by atoms with van der Waals surface area (Å²) in [4.78, 5) is 24.1. The van der Waals surface area contributed by atoms with E-state index in [9.17, 15) is 19.8 Å². The second kappa shape index (κ2) is 9.49. The summed E-state index contributed by atoms with van der Waals surface area (Å²) in [6.45, 7) is 0.0922. The molecule has 1 aliphatic carbocycles. The third kappa shape index (κ3) is 4.76. The lowest BCUT2D eigenvalue weighted by Gasteiger charge is -2.28. The number of hydrogen-bond acceptors (Lipinski definition) is 6. The van der Waals surface area contributed by atoms with Crippen molar-refractivity contribution in [3.63, 3.8) is 0 Å². The van der Waals surface area contributed by atoms with E-state index in [-0.39, 0.29) is 23.3 Å². The van der Waals surface area contributed by atoms with E-state index in [4.69, 9.17) is 4.74 Å². The van der Waals surface area contributed by atoms with Crippen molar-refractivity contribution in [1.82, 2.24) is 0 Å². The summed E-state index contributed by atoms with van der Waals surface area (Å²) in [6, 6.07) is 15.8. The van der Waals surface area contributed by atoms with E-state index < -0.39 is 23.5 Å². The Hall–Kier alpha value is -2.58. The van der Waals surface area contributed by atoms with Gasteiger partial charge in [0.15, 0.2) is 5.78 Å². The number of aliphatic hydroxyl groups is 2. The normalized spacial score (nSPS) is 20.9. The largest absolute Gasteiger partial charge is 0.465 e. The summed E-state index contributed by atoms with van der Waals surface area (Å²) in [5.74, 6) is -0.908. The molecule has 0 saturated carbocycles. The Labute approximate surface area is 182 Å². The van der Waals surface area contributed by atoms with Crippen molar-refractivity contribution in [3.8, 4) is 0 Å². The number of rotatable bonds is 7. The van der Waals surface area contributed by atoms with Crippen LogP contribution in [0.1, 0.15) is 21.5 Å². The zero-order valence-corrected chi connectivity index (χ0v) is 17.8. The fraction of sp³-hybridized carbons (Fsp3) is 0.217. The number of ketones is 1. The minimum Gasteiger partial charge on any atom is -0.465 e. The number of allylic oxidation sites excluding steroid dienone is 1. The Morgan fingerprint density at radius 3 is 2.47 bits per heavy atom. The highest BCUT2D eigenvalue weighted by molar-refractivity contribution is 9.12. The number of esters is 1. The minimum absolute atomic E-state index is 0.0102. The zero-order chi connectivity index (χ0) is 21.7. The van der Waals surface area contributed by atoms with Crippen LogP contribution in [0.15, 0.2) is 70.7 Å². The van der Waals surface area contributed by atoms with Crippen LogP contribution < -0.4 is 0 Å². The van der Waals surface area contributed by atoms with Crippen molar-refractivity contribution < 1.29 is 29.3 Å². The summed E-state index contributed by atoms with van der Waals surface area (Å²) >= 11 is 3.14. The number of carbonyl (C=O) groups is 2. The van der Waals surface area contributed by atoms with Gasteiger partial charge in [-0.25, -0.2) is 4.79 Å². The maximum atomic E-state index is 12.6. The van der Waals surface area contributed by atoms with Gasteiger partial charge >= 0.3 is 5.97 Å². The first-order valence-electron chi connectivity index (χ1n) is 9.21. The van der Waals surface area contributed by atoms with Crippen molar-refractivity contribution in [2.24, 2.45) is 0 Å². The highest BCUT2D eigenvalue weighted by Gasteiger charge is 2.46. The lowest BCUT2D eigenvalue weighted by molar-refractivity contribution is -0.114. The number of ether oxygens (including phenoxy) is 2. The predicted octanol–water partition coefficient (Wildman–Crippen LogP) is 3.03. The van der Waals surface area contributed by atoms with E-state index in [0.29, 0.717) is 11.1 Å². The topological polar surface area (TPSA) is 93.1 Å². The molecule has 0 saturated heterocycles. The minimum atomic E-state index is -1.91. The van der Waals surface area contributed by atoms with Crippen LogP contribution in [-0.4, -0.2) is 47.4 Å². The first-order valence-corrected chi connectivity index (χ1v) is 10.00. The van der Waals surface area contributed by atoms with Gasteiger partial charge in [-0.3, -0.25) is 4.79 Å². The lowest BCUT2D eigenvalue weighted by Crippen LogP contribution is -2.44. The summed E-state index contributed by atoms with van der Waals surface area (Å²) < 4.78 is 10.4. The molecule has 2 aromatic carbocycles. The highest BCUT2D eigenvalue weighted by atomic mass is 79.9. The van der Waals surface area contributed by atoms with Gasteiger partial charge in [-0.2, -0.15) is 0 Å². The molecule has 0 radical (unpaired) electrons. The van der Waals surface area contributed by atoms with Gasteiger partial charge in [0.1, 0.15) is 11.7 Å². The fourth-order valence-electron chi connectivity index (χ4n) is 3.09. The van der Waals surface area contributed by atoms with E-state index in [1.54, 1.807) is 24.3 Å². The second-order valence-corrected chi connectivity index (χ2v) is 7.69. The number of benzene rings is 2. The van der Waals surface area contributed by atoms with E-state index in [1.807, 2.05) is 30.3 Å². The molecule has 0 aliphatic heterocycles. The lowest BCUT2D eigenvalue weighted by atomic mass is 9.89. The molecular formula is C23H21BrO6. The zero-order valence-electron chi connectivity index (χ0n) is 16.2. The highest BCUT2D eigenvalue weighted by Crippen LogP contribution is 2.37. The van der Waals surface area contributed by atoms with Gasteiger partial charge < -0.3 is 19.7 Å². The van der Waals surface area contributed by atoms with Crippen LogP contribution in [-0.2, 0) is 20.9 Å². The Balaban J connectivity index is 1.77. The van der Waals surface area contributed by atoms with Gasteiger partial charge in [-0.05, 0) is 51.3 Å². The number of aliphatic hydroxyl groups excluding tert-OH is 1. The van der Waals surface area contributed by atoms with Gasteiger partial charge in [0.05, 0.1) is 30.4 Å². The van der Waals surface area contributed by atoms with Crippen LogP contribution in [0.3, 0.4) is 0 Å². The SMILES string of the molecule is COC(=O)c1ccc(/C=C2/C(=O)C(Br)=C[C@]2(O)[C@H](O)COCc2ccccc2)cc1. The number of halogens is 1. The maximum absolute atomic E-state index is 12.6. The molecule has 3 rings (SSSR count). The number of hydrogen-bond donors (Lipinski definition) is 2. The monoisotopic (exact) mass is 472 g/mol. The van der Waals surface area contributed by atoms with Gasteiger partial charge in [0, 0.05) is 5.57 Å². The van der Waals surface area contributed by atoms with Crippen molar-refractivity contribution in [3.05, 3.63) is 87.4 Å². The first kappa shape index (κ1) is 22.1. The summed E-state index contributed by atoms with van der Waals surface area (Å²) in [5, 5.41) is 21.7. The average Bonchev–Trinajstić information content (AvgIpc) is 2.98. The Kier molecular flexibility index (Phi) is 6.99. The van der Waals surface area contributed by atoms with Crippen molar-refractivity contribution in [1.29, 1.82) is 0 Å². The van der Waals surface area contributed by atoms with Crippen molar-refractivity contribution in [2.45, 2.75) is 18.3 Å². The number of carbonyl (C=O) groups excluding carboxylic acids is 2. The molecule has 7 heteroatoms. The molecule has 6 nitrogen and oxygen atoms in total. The van der Waals surface area contributed by atoms with Crippen LogP contribution in [0.25, 0.3) is 6.08 Å². The van der Waals surface area contributed by atoms with Crippen LogP contribution >= 0.6 is 15.9 Å². The molecule has 0 unspecified atom stereocenters. The molecule has 0 bridgehead atoms. The quantitative estimate of drug-likeness (QED) is 0.475. The molecule has 0 aromatic heterocycles. The fourth-order valence-corrected chi connectivity index (χ4v) is 3.66. The molecule has 0 spiro atoms. The Morgan fingerprint density at radius 1 is 1.17 bits per heavy atom. The van der Waals surface area contributed by atoms with Crippen LogP contribution in [0, 0.1) is 0 Å². The van der Waals surface area contributed by atoms with Gasteiger partial charge in [-0.1, -0.05) is 42.5 Å². The summed E-state index contributed by atoms with van der Waals surface area (Å²) in [7, 11) is 1.29. The third-order valence-electron chi connectivity index (χ3n) is 4.78. The first-order chi connectivity index (χ1) is 14.3. The molecule has 2 aromatic rings. The van der Waals surface area contributed by atoms with Crippen LogP contribution in [0.5, 0.6) is 0 Å². The molecule has 2 atom stereocenters. The predicted molar refractivity (Wildman–Crippen MR) is 115 cm³/mol. The number of methoxy groups -OCH3 is 1. The summed E-state index contributed by atoms with van der Waals surface area (Å²) in [5.41, 5.74) is -0.0275. The van der Waals surface area contributed by atoms with E-state index in [2.05, 4.69) is 20.7 Å². The van der Waals surface area contributed by atoms with Gasteiger partial charge in [-0.15, -0.1) is 0 Å². The van der Waals surface area contributed by atoms with E-state index in [1.165, 1.54) is 19.3 Å². The average molecular weight is 473 g/mol. The van der Waals surface area contributed by atoms with Gasteiger partial charge in [0.2, 0.25) is 0 Å². The molecule has 2 N–H and O–H groups in total. The second-order valence-electron chi connectivity index (χ2n) is 6.83. The van der Waals surface area contributed by atoms with Crippen LogP contribution in [0.2, 0.25) is 0 Å². The molecular weight excluding hydrogens is 452 g/mol. The number of Topliss-reactive ketones (excluding diaryl/α,β-unsaturated/α-hetero) is 1. The molecule has 1 aliphatic rings. The summed E-state index contributed by atoms with van der Waals surface area (Å²) in [6.07, 6.45) is 1.40. The smallest absolute Gasteiger partial charge is 0.337 e. The standard InChI is InChI=1S/C23H21BrO6/c1-29-22(27)17-9-7-15(8-10-17)11-18-21(26)19(24)12-23(18,28)20(25)14-30-13-16-5-3-2-4-6-16/h2-12,20,25,28H,13-14H2,1H3/b18-11-/t20-,23-/m1/s1. The molecule has 0 heterocycles. The molecule has 0 fully saturated rings. The van der Waals surface area contributed by atoms with Gasteiger partial charge in [0.25, 0.3) is 0 Å².